The summed E-state index contributed by atoms with van der Waals surface area (Å²) in [5, 5.41) is 38.4. The molecule has 8 rings (SSSR count). The van der Waals surface area contributed by atoms with E-state index >= 15 is 0 Å². The smallest absolute Gasteiger partial charge is 0.113 e. The highest BCUT2D eigenvalue weighted by Crippen LogP contribution is 2.31. The molecule has 0 N–H and O–H groups in total. The van der Waals surface area contributed by atoms with Crippen LogP contribution in [0.4, 0.5) is 0 Å². The minimum absolute atomic E-state index is 0.210. The van der Waals surface area contributed by atoms with E-state index in [1.54, 1.807) is 9.59 Å². The molecule has 0 aliphatic rings. The van der Waals surface area contributed by atoms with E-state index < -0.39 is 0 Å². The molecule has 0 amide bonds. The Bertz CT molecular complexity index is 1870. The molecule has 8 aromatic rings. The van der Waals surface area contributed by atoms with Crippen LogP contribution in [0.2, 0.25) is 0 Å². The van der Waals surface area contributed by atoms with E-state index in [-0.39, 0.29) is 12.1 Å². The summed E-state index contributed by atoms with van der Waals surface area (Å²) in [6.45, 7) is 1.14. The molecule has 4 heterocycles. The number of rotatable bonds is 9. The van der Waals surface area contributed by atoms with E-state index in [0.717, 1.165) is 44.1 Å². The van der Waals surface area contributed by atoms with Crippen molar-refractivity contribution in [2.45, 2.75) is 38.0 Å². The zero-order chi connectivity index (χ0) is 27.9. The molecule has 12 nitrogen and oxygen atoms in total. The number of fused-ring (bicyclic) bond motifs is 4. The Balaban J connectivity index is 1.19. The summed E-state index contributed by atoms with van der Waals surface area (Å²) in [6, 6.07) is 31.2. The summed E-state index contributed by atoms with van der Waals surface area (Å²) in [5.74, 6) is 0. The van der Waals surface area contributed by atoms with Gasteiger partial charge in [-0.3, -0.25) is 0 Å². The third kappa shape index (κ3) is 4.52. The van der Waals surface area contributed by atoms with Crippen LogP contribution in [0.15, 0.2) is 97.1 Å². The van der Waals surface area contributed by atoms with Gasteiger partial charge in [-0.2, -0.15) is 60.0 Å². The number of aromatic nitrogens is 12. The van der Waals surface area contributed by atoms with Crippen molar-refractivity contribution < 1.29 is 0 Å². The molecule has 2 atom stereocenters. The van der Waals surface area contributed by atoms with Crippen LogP contribution in [0.5, 0.6) is 0 Å². The normalized spacial score (nSPS) is 13.4. The molecule has 4 aromatic carbocycles. The van der Waals surface area contributed by atoms with E-state index in [0.29, 0.717) is 25.9 Å². The third-order valence-corrected chi connectivity index (χ3v) is 7.55. The number of hydrogen-bond donors (Lipinski definition) is 0. The average molecular weight is 555 g/mol. The van der Waals surface area contributed by atoms with E-state index in [1.807, 2.05) is 107 Å². The minimum atomic E-state index is -0.210. The van der Waals surface area contributed by atoms with Crippen LogP contribution >= 0.6 is 0 Å². The predicted octanol–water partition coefficient (Wildman–Crippen LogP) is 4.63. The molecule has 4 aromatic heterocycles. The van der Waals surface area contributed by atoms with Crippen molar-refractivity contribution in [2.75, 3.05) is 0 Å². The lowest BCUT2D eigenvalue weighted by Gasteiger charge is -2.25. The third-order valence-electron chi connectivity index (χ3n) is 7.55. The van der Waals surface area contributed by atoms with Crippen molar-refractivity contribution in [3.05, 3.63) is 97.1 Å². The quantitative estimate of drug-likeness (QED) is 0.253. The zero-order valence-electron chi connectivity index (χ0n) is 22.6. The number of hydrogen-bond acceptors (Lipinski definition) is 8. The fourth-order valence-electron chi connectivity index (χ4n) is 5.48. The highest BCUT2D eigenvalue weighted by Gasteiger charge is 2.30. The Morgan fingerprint density at radius 2 is 0.595 bits per heavy atom. The van der Waals surface area contributed by atoms with E-state index in [1.165, 1.54) is 0 Å². The van der Waals surface area contributed by atoms with E-state index in [9.17, 15) is 0 Å². The van der Waals surface area contributed by atoms with Gasteiger partial charge in [0.15, 0.2) is 0 Å². The van der Waals surface area contributed by atoms with E-state index in [4.69, 9.17) is 40.8 Å². The maximum atomic E-state index is 4.91. The van der Waals surface area contributed by atoms with Crippen LogP contribution in [0.25, 0.3) is 44.1 Å². The lowest BCUT2D eigenvalue weighted by molar-refractivity contribution is 0.199. The van der Waals surface area contributed by atoms with Gasteiger partial charge in [-0.25, -0.2) is 0 Å². The molecule has 2 unspecified atom stereocenters. The second-order valence-electron chi connectivity index (χ2n) is 10.3. The number of nitrogens with zero attached hydrogens (tertiary/aromatic N) is 12. The van der Waals surface area contributed by atoms with Gasteiger partial charge in [0.2, 0.25) is 0 Å². The van der Waals surface area contributed by atoms with Crippen molar-refractivity contribution >= 4 is 44.1 Å². The van der Waals surface area contributed by atoms with Crippen LogP contribution in [-0.4, -0.2) is 60.0 Å². The summed E-state index contributed by atoms with van der Waals surface area (Å²) in [7, 11) is 0. The maximum absolute atomic E-state index is 4.91. The molecule has 0 aliphatic carbocycles. The molecule has 12 heteroatoms. The number of aryl methyl sites for hydroxylation is 2. The van der Waals surface area contributed by atoms with Crippen molar-refractivity contribution in [1.82, 2.24) is 60.0 Å². The average Bonchev–Trinajstić information content (AvgIpc) is 3.81. The molecular weight excluding hydrogens is 528 g/mol. The predicted molar refractivity (Wildman–Crippen MR) is 157 cm³/mol. The van der Waals surface area contributed by atoms with Crippen LogP contribution in [0.3, 0.4) is 0 Å². The summed E-state index contributed by atoms with van der Waals surface area (Å²) in [6.07, 6.45) is 1.30. The molecule has 0 radical (unpaired) electrons. The Kier molecular flexibility index (Phi) is 5.87. The van der Waals surface area contributed by atoms with E-state index in [2.05, 4.69) is 0 Å². The van der Waals surface area contributed by atoms with Gasteiger partial charge >= 0.3 is 0 Å². The van der Waals surface area contributed by atoms with Gasteiger partial charge < -0.3 is 0 Å². The van der Waals surface area contributed by atoms with Crippen LogP contribution in [0.1, 0.15) is 24.9 Å². The largest absolute Gasteiger partial charge is 0.184 e. The van der Waals surface area contributed by atoms with Gasteiger partial charge in [0.1, 0.15) is 44.1 Å². The molecule has 206 valence electrons. The van der Waals surface area contributed by atoms with Crippen LogP contribution in [0, 0.1) is 0 Å². The topological polar surface area (TPSA) is 123 Å². The van der Waals surface area contributed by atoms with Crippen molar-refractivity contribution in [1.29, 1.82) is 0 Å². The zero-order valence-corrected chi connectivity index (χ0v) is 22.6. The Hall–Kier alpha value is -5.52. The van der Waals surface area contributed by atoms with Crippen molar-refractivity contribution in [3.63, 3.8) is 0 Å². The first kappa shape index (κ1) is 24.3. The van der Waals surface area contributed by atoms with Gasteiger partial charge in [-0.05, 0) is 61.4 Å². The second-order valence-corrected chi connectivity index (χ2v) is 10.3. The molecule has 0 fully saturated rings. The molecule has 0 saturated heterocycles. The molecule has 0 spiro atoms. The lowest BCUT2D eigenvalue weighted by atomic mass is 10.0. The Morgan fingerprint density at radius 3 is 0.857 bits per heavy atom. The van der Waals surface area contributed by atoms with Crippen LogP contribution < -0.4 is 0 Å². The van der Waals surface area contributed by atoms with Gasteiger partial charge in [0.05, 0.1) is 25.2 Å². The van der Waals surface area contributed by atoms with Crippen molar-refractivity contribution in [3.8, 4) is 0 Å². The highest BCUT2D eigenvalue weighted by molar-refractivity contribution is 5.74. The standard InChI is InChI=1S/C30H26N12/c1-2-10-22-21(9-1)31-39(32-22)19-17-29(41-35-25-13-5-6-14-26(25)36-41)30(42-37-27-15-7-8-16-28(27)38-42)18-20-40-33-23-11-3-4-12-24(23)34-40/h1-16,29-30H,17-20H2. The van der Waals surface area contributed by atoms with Gasteiger partial charge in [-0.1, -0.05) is 48.5 Å². The van der Waals surface area contributed by atoms with Gasteiger partial charge in [-0.15, -0.1) is 0 Å². The maximum Gasteiger partial charge on any atom is 0.113 e. The first-order chi connectivity index (χ1) is 20.8. The minimum Gasteiger partial charge on any atom is -0.184 e. The molecule has 0 aliphatic heterocycles. The molecule has 0 bridgehead atoms. The van der Waals surface area contributed by atoms with Crippen molar-refractivity contribution in [2.24, 2.45) is 0 Å². The van der Waals surface area contributed by atoms with Crippen LogP contribution in [-0.2, 0) is 13.1 Å². The SMILES string of the molecule is c1ccc2nn(CCC(C(CCn3nc4ccccc4n3)n3nc4ccccc4n3)n3nc4ccccc4n3)nc2c1. The first-order valence-electron chi connectivity index (χ1n) is 14.0. The summed E-state index contributed by atoms with van der Waals surface area (Å²) >= 11 is 0. The lowest BCUT2D eigenvalue weighted by Crippen LogP contribution is -2.29. The molecule has 42 heavy (non-hydrogen) atoms. The highest BCUT2D eigenvalue weighted by atomic mass is 15.5. The summed E-state index contributed by atoms with van der Waals surface area (Å²) < 4.78 is 0. The second kappa shape index (κ2) is 10.1. The summed E-state index contributed by atoms with van der Waals surface area (Å²) in [4.78, 5) is 7.15. The number of benzene rings is 4. The monoisotopic (exact) mass is 554 g/mol. The fourth-order valence-corrected chi connectivity index (χ4v) is 5.48. The molecule has 0 saturated carbocycles. The van der Waals surface area contributed by atoms with Gasteiger partial charge in [0.25, 0.3) is 0 Å². The Labute approximate surface area is 239 Å². The Morgan fingerprint density at radius 1 is 0.357 bits per heavy atom. The first-order valence-corrected chi connectivity index (χ1v) is 14.0. The summed E-state index contributed by atoms with van der Waals surface area (Å²) in [5.41, 5.74) is 6.81. The molecular formula is C30H26N12. The fraction of sp³-hybridized carbons (Fsp3) is 0.200. The van der Waals surface area contributed by atoms with Gasteiger partial charge in [0, 0.05) is 0 Å².